The zero-order valence-electron chi connectivity index (χ0n) is 13.1. The molecule has 1 aliphatic rings. The number of halogens is 3. The summed E-state index contributed by atoms with van der Waals surface area (Å²) in [4.78, 5) is 13.5. The lowest BCUT2D eigenvalue weighted by Crippen LogP contribution is -2.34. The summed E-state index contributed by atoms with van der Waals surface area (Å²) in [6.45, 7) is 0.836. The van der Waals surface area contributed by atoms with Crippen molar-refractivity contribution in [3.8, 4) is 11.3 Å². The van der Waals surface area contributed by atoms with E-state index in [9.17, 15) is 18.0 Å². The molecule has 1 aromatic carbocycles. The smallest absolute Gasteiger partial charge is 0.342 e. The summed E-state index contributed by atoms with van der Waals surface area (Å²) < 4.78 is 36.9. The number of nitrogens with zero attached hydrogens (tertiary/aromatic N) is 2. The van der Waals surface area contributed by atoms with E-state index in [0.29, 0.717) is 25.9 Å². The number of carbonyl (C=O) groups excluding carboxylic acids is 1. The van der Waals surface area contributed by atoms with E-state index < -0.39 is 24.9 Å². The molecule has 0 radical (unpaired) electrons. The maximum absolute atomic E-state index is 12.3. The standard InChI is InChI=1S/C17H18F3N3O/c18-17(19,20)9-6-15(24)23-10-7-13-14(8-11-23)21-22-16(13)12-4-2-1-3-5-12/h1-5H,6-11H2,(H,21,22). The summed E-state index contributed by atoms with van der Waals surface area (Å²) in [5, 5.41) is 7.38. The van der Waals surface area contributed by atoms with Gasteiger partial charge in [0.25, 0.3) is 0 Å². The molecule has 3 rings (SSSR count). The number of aromatic amines is 1. The number of H-pyrrole nitrogens is 1. The molecular weight excluding hydrogens is 319 g/mol. The van der Waals surface area contributed by atoms with Gasteiger partial charge in [-0.05, 0) is 6.42 Å². The van der Waals surface area contributed by atoms with Crippen molar-refractivity contribution in [2.24, 2.45) is 0 Å². The van der Waals surface area contributed by atoms with Gasteiger partial charge in [0.1, 0.15) is 0 Å². The zero-order chi connectivity index (χ0) is 17.2. The van der Waals surface area contributed by atoms with Crippen LogP contribution in [0.2, 0.25) is 0 Å². The van der Waals surface area contributed by atoms with Crippen molar-refractivity contribution in [3.05, 3.63) is 41.6 Å². The predicted molar refractivity (Wildman–Crippen MR) is 83.3 cm³/mol. The summed E-state index contributed by atoms with van der Waals surface area (Å²) >= 11 is 0. The predicted octanol–water partition coefficient (Wildman–Crippen LogP) is 3.35. The fourth-order valence-corrected chi connectivity index (χ4v) is 2.97. The largest absolute Gasteiger partial charge is 0.389 e. The Morgan fingerprint density at radius 3 is 2.58 bits per heavy atom. The van der Waals surface area contributed by atoms with E-state index in [2.05, 4.69) is 10.2 Å². The van der Waals surface area contributed by atoms with Gasteiger partial charge in [-0.1, -0.05) is 30.3 Å². The van der Waals surface area contributed by atoms with Crippen molar-refractivity contribution in [2.75, 3.05) is 13.1 Å². The molecule has 0 saturated heterocycles. The normalized spacial score (nSPS) is 15.0. The first kappa shape index (κ1) is 16.5. The Labute approximate surface area is 137 Å². The van der Waals surface area contributed by atoms with Crippen molar-refractivity contribution in [1.82, 2.24) is 15.1 Å². The van der Waals surface area contributed by atoms with Gasteiger partial charge < -0.3 is 4.90 Å². The van der Waals surface area contributed by atoms with Gasteiger partial charge in [-0.15, -0.1) is 0 Å². The van der Waals surface area contributed by atoms with Gasteiger partial charge in [-0.3, -0.25) is 9.89 Å². The molecule has 2 aromatic rings. The van der Waals surface area contributed by atoms with Crippen molar-refractivity contribution >= 4 is 5.91 Å². The van der Waals surface area contributed by atoms with Crippen LogP contribution in [0.25, 0.3) is 11.3 Å². The number of hydrogen-bond donors (Lipinski definition) is 1. The van der Waals surface area contributed by atoms with E-state index in [1.54, 1.807) is 0 Å². The van der Waals surface area contributed by atoms with Crippen LogP contribution in [0, 0.1) is 0 Å². The van der Waals surface area contributed by atoms with Crippen molar-refractivity contribution in [3.63, 3.8) is 0 Å². The zero-order valence-corrected chi connectivity index (χ0v) is 13.1. The Morgan fingerprint density at radius 1 is 1.17 bits per heavy atom. The Hall–Kier alpha value is -2.31. The van der Waals surface area contributed by atoms with Crippen LogP contribution in [0.3, 0.4) is 0 Å². The molecule has 0 atom stereocenters. The van der Waals surface area contributed by atoms with Gasteiger partial charge in [-0.2, -0.15) is 18.3 Å². The number of benzene rings is 1. The van der Waals surface area contributed by atoms with Crippen LogP contribution in [-0.4, -0.2) is 40.3 Å². The number of nitrogens with one attached hydrogen (secondary N) is 1. The van der Waals surface area contributed by atoms with Crippen LogP contribution >= 0.6 is 0 Å². The highest BCUT2D eigenvalue weighted by molar-refractivity contribution is 5.76. The Bertz CT molecular complexity index is 710. The minimum atomic E-state index is -4.30. The molecule has 1 aromatic heterocycles. The van der Waals surface area contributed by atoms with Gasteiger partial charge in [0.05, 0.1) is 12.1 Å². The molecule has 24 heavy (non-hydrogen) atoms. The highest BCUT2D eigenvalue weighted by Crippen LogP contribution is 2.27. The highest BCUT2D eigenvalue weighted by atomic mass is 19.4. The number of alkyl halides is 3. The molecule has 0 bridgehead atoms. The van der Waals surface area contributed by atoms with E-state index in [1.165, 1.54) is 4.90 Å². The number of aromatic nitrogens is 2. The lowest BCUT2D eigenvalue weighted by atomic mass is 10.0. The molecule has 1 N–H and O–H groups in total. The van der Waals surface area contributed by atoms with E-state index in [0.717, 1.165) is 22.5 Å². The maximum Gasteiger partial charge on any atom is 0.389 e. The maximum atomic E-state index is 12.3. The molecule has 0 unspecified atom stereocenters. The minimum absolute atomic E-state index is 0.417. The van der Waals surface area contributed by atoms with Crippen molar-refractivity contribution in [1.29, 1.82) is 0 Å². The van der Waals surface area contributed by atoms with E-state index in [-0.39, 0.29) is 0 Å². The van der Waals surface area contributed by atoms with Crippen molar-refractivity contribution in [2.45, 2.75) is 31.9 Å². The second-order valence-electron chi connectivity index (χ2n) is 5.89. The molecule has 0 aliphatic carbocycles. The average molecular weight is 337 g/mol. The minimum Gasteiger partial charge on any atom is -0.342 e. The van der Waals surface area contributed by atoms with Crippen LogP contribution in [0.15, 0.2) is 30.3 Å². The quantitative estimate of drug-likeness (QED) is 0.934. The van der Waals surface area contributed by atoms with Gasteiger partial charge >= 0.3 is 6.18 Å². The molecule has 0 saturated carbocycles. The molecule has 1 amide bonds. The molecule has 4 nitrogen and oxygen atoms in total. The lowest BCUT2D eigenvalue weighted by molar-refractivity contribution is -0.149. The van der Waals surface area contributed by atoms with Crippen LogP contribution in [0.5, 0.6) is 0 Å². The first-order valence-corrected chi connectivity index (χ1v) is 7.90. The topological polar surface area (TPSA) is 49.0 Å². The second-order valence-corrected chi connectivity index (χ2v) is 5.89. The number of carbonyl (C=O) groups is 1. The van der Waals surface area contributed by atoms with Gasteiger partial charge in [0.2, 0.25) is 5.91 Å². The third kappa shape index (κ3) is 3.77. The third-order valence-electron chi connectivity index (χ3n) is 4.24. The van der Waals surface area contributed by atoms with Crippen LogP contribution in [0.4, 0.5) is 13.2 Å². The fraction of sp³-hybridized carbons (Fsp3) is 0.412. The van der Waals surface area contributed by atoms with E-state index >= 15 is 0 Å². The van der Waals surface area contributed by atoms with Crippen LogP contribution in [0.1, 0.15) is 24.1 Å². The number of amides is 1. The summed E-state index contributed by atoms with van der Waals surface area (Å²) in [7, 11) is 0. The fourth-order valence-electron chi connectivity index (χ4n) is 2.97. The summed E-state index contributed by atoms with van der Waals surface area (Å²) in [6.07, 6.45) is -4.68. The molecule has 0 fully saturated rings. The van der Waals surface area contributed by atoms with E-state index in [4.69, 9.17) is 0 Å². The second kappa shape index (κ2) is 6.67. The summed E-state index contributed by atoms with van der Waals surface area (Å²) in [5.41, 5.74) is 3.86. The van der Waals surface area contributed by atoms with Gasteiger partial charge in [0.15, 0.2) is 0 Å². The monoisotopic (exact) mass is 337 g/mol. The molecule has 2 heterocycles. The Kier molecular flexibility index (Phi) is 4.59. The highest BCUT2D eigenvalue weighted by Gasteiger charge is 2.30. The summed E-state index contributed by atoms with van der Waals surface area (Å²) in [6, 6.07) is 9.72. The molecule has 7 heteroatoms. The average Bonchev–Trinajstić information content (AvgIpc) is 2.84. The number of hydrogen-bond acceptors (Lipinski definition) is 2. The van der Waals surface area contributed by atoms with Gasteiger partial charge in [0, 0.05) is 42.8 Å². The number of rotatable bonds is 3. The Morgan fingerprint density at radius 2 is 1.88 bits per heavy atom. The summed E-state index contributed by atoms with van der Waals surface area (Å²) in [5.74, 6) is -0.438. The van der Waals surface area contributed by atoms with Crippen LogP contribution < -0.4 is 0 Å². The van der Waals surface area contributed by atoms with E-state index in [1.807, 2.05) is 30.3 Å². The Balaban J connectivity index is 1.70. The first-order valence-electron chi connectivity index (χ1n) is 7.90. The van der Waals surface area contributed by atoms with Crippen LogP contribution in [-0.2, 0) is 17.6 Å². The molecule has 128 valence electrons. The molecule has 0 spiro atoms. The SMILES string of the molecule is O=C(CCC(F)(F)F)N1CCc2[nH]nc(-c3ccccc3)c2CC1. The first-order chi connectivity index (χ1) is 11.4. The molecule has 1 aliphatic heterocycles. The number of fused-ring (bicyclic) bond motifs is 1. The lowest BCUT2D eigenvalue weighted by Gasteiger charge is -2.20. The molecular formula is C17H18F3N3O. The van der Waals surface area contributed by atoms with Gasteiger partial charge in [-0.25, -0.2) is 0 Å². The third-order valence-corrected chi connectivity index (χ3v) is 4.24. The van der Waals surface area contributed by atoms with Crippen molar-refractivity contribution < 1.29 is 18.0 Å².